The highest BCUT2D eigenvalue weighted by atomic mass is 32.2. The molecule has 0 fully saturated rings. The number of hydrogen-bond acceptors (Lipinski definition) is 3. The fourth-order valence-electron chi connectivity index (χ4n) is 1.89. The summed E-state index contributed by atoms with van der Waals surface area (Å²) < 4.78 is 19.3. The smallest absolute Gasteiger partial charge is 0.165 e. The second-order valence-corrected chi connectivity index (χ2v) is 5.45. The molecule has 106 valence electrons. The van der Waals surface area contributed by atoms with Gasteiger partial charge in [0.15, 0.2) is 11.6 Å². The summed E-state index contributed by atoms with van der Waals surface area (Å²) in [4.78, 5) is 1.19. The molecule has 0 radical (unpaired) electrons. The summed E-state index contributed by atoms with van der Waals surface area (Å²) in [6.07, 6.45) is 0.624. The van der Waals surface area contributed by atoms with E-state index in [1.165, 1.54) is 11.0 Å². The summed E-state index contributed by atoms with van der Waals surface area (Å²) in [6.45, 7) is 0.955. The molecule has 0 aromatic heterocycles. The Morgan fingerprint density at radius 1 is 1.05 bits per heavy atom. The molecule has 0 saturated heterocycles. The highest BCUT2D eigenvalue weighted by Gasteiger charge is 2.09. The van der Waals surface area contributed by atoms with E-state index in [9.17, 15) is 4.39 Å². The minimum atomic E-state index is -0.319. The van der Waals surface area contributed by atoms with Gasteiger partial charge in [0.1, 0.15) is 0 Å². The monoisotopic (exact) mass is 291 g/mol. The van der Waals surface area contributed by atoms with Crippen molar-refractivity contribution in [2.24, 2.45) is 5.73 Å². The number of halogens is 1. The molecule has 2 nitrogen and oxygen atoms in total. The molecule has 0 atom stereocenters. The molecular weight excluding hydrogens is 273 g/mol. The van der Waals surface area contributed by atoms with Crippen LogP contribution in [-0.4, -0.2) is 18.9 Å². The molecule has 0 unspecified atom stereocenters. The minimum Gasteiger partial charge on any atom is -0.489 e. The van der Waals surface area contributed by atoms with Crippen LogP contribution in [0.25, 0.3) is 0 Å². The van der Waals surface area contributed by atoms with E-state index in [1.54, 1.807) is 17.8 Å². The van der Waals surface area contributed by atoms with Crippen molar-refractivity contribution < 1.29 is 9.13 Å². The lowest BCUT2D eigenvalue weighted by atomic mass is 10.1. The lowest BCUT2D eigenvalue weighted by Crippen LogP contribution is -2.08. The van der Waals surface area contributed by atoms with Crippen LogP contribution in [0, 0.1) is 5.82 Å². The van der Waals surface area contributed by atoms with Crippen LogP contribution >= 0.6 is 11.8 Å². The summed E-state index contributed by atoms with van der Waals surface area (Å²) >= 11 is 1.69. The van der Waals surface area contributed by atoms with Crippen molar-refractivity contribution in [1.82, 2.24) is 0 Å². The van der Waals surface area contributed by atoms with Crippen LogP contribution in [0.5, 0.6) is 5.75 Å². The molecule has 2 aromatic rings. The number of rotatable bonds is 7. The zero-order chi connectivity index (χ0) is 14.2. The second kappa shape index (κ2) is 7.92. The van der Waals surface area contributed by atoms with Gasteiger partial charge in [-0.05, 0) is 36.7 Å². The highest BCUT2D eigenvalue weighted by molar-refractivity contribution is 7.99. The third-order valence-electron chi connectivity index (χ3n) is 2.80. The van der Waals surface area contributed by atoms with Gasteiger partial charge in [-0.1, -0.05) is 30.3 Å². The highest BCUT2D eigenvalue weighted by Crippen LogP contribution is 2.24. The van der Waals surface area contributed by atoms with Crippen LogP contribution in [0.1, 0.15) is 5.56 Å². The third-order valence-corrected chi connectivity index (χ3v) is 3.78. The maximum Gasteiger partial charge on any atom is 0.165 e. The topological polar surface area (TPSA) is 35.2 Å². The predicted octanol–water partition coefficient (Wildman–Crippen LogP) is 3.50. The lowest BCUT2D eigenvalue weighted by molar-refractivity contribution is 0.321. The number of nitrogens with two attached hydrogens (primary N) is 1. The van der Waals surface area contributed by atoms with Gasteiger partial charge >= 0.3 is 0 Å². The molecule has 4 heteroatoms. The van der Waals surface area contributed by atoms with Crippen molar-refractivity contribution in [2.75, 3.05) is 18.9 Å². The van der Waals surface area contributed by atoms with Gasteiger partial charge in [-0.25, -0.2) is 4.39 Å². The first-order chi connectivity index (χ1) is 9.81. The largest absolute Gasteiger partial charge is 0.489 e. The Hall–Kier alpha value is -1.52. The first kappa shape index (κ1) is 14.9. The van der Waals surface area contributed by atoms with Crippen molar-refractivity contribution in [3.8, 4) is 5.75 Å². The molecule has 2 aromatic carbocycles. The van der Waals surface area contributed by atoms with E-state index >= 15 is 0 Å². The Bertz CT molecular complexity index is 533. The minimum absolute atomic E-state index is 0.319. The van der Waals surface area contributed by atoms with Crippen LogP contribution in [0.2, 0.25) is 0 Å². The molecule has 0 heterocycles. The normalized spacial score (nSPS) is 10.5. The van der Waals surface area contributed by atoms with Crippen molar-refractivity contribution in [2.45, 2.75) is 11.3 Å². The van der Waals surface area contributed by atoms with Gasteiger partial charge in [-0.15, -0.1) is 11.8 Å². The summed E-state index contributed by atoms with van der Waals surface area (Å²) in [7, 11) is 0. The quantitative estimate of drug-likeness (QED) is 0.626. The summed E-state index contributed by atoms with van der Waals surface area (Å²) in [5.74, 6) is 0.799. The van der Waals surface area contributed by atoms with Gasteiger partial charge in [-0.3, -0.25) is 0 Å². The van der Waals surface area contributed by atoms with Gasteiger partial charge in [0.05, 0.1) is 6.61 Å². The SMILES string of the molecule is NCCc1cccc(F)c1OCCSc1ccccc1. The van der Waals surface area contributed by atoms with Gasteiger partial charge in [0, 0.05) is 10.6 Å². The van der Waals surface area contributed by atoms with Crippen LogP contribution in [-0.2, 0) is 6.42 Å². The Balaban J connectivity index is 1.87. The molecule has 0 bridgehead atoms. The average Bonchev–Trinajstić information content (AvgIpc) is 2.47. The van der Waals surface area contributed by atoms with E-state index in [4.69, 9.17) is 10.5 Å². The molecule has 20 heavy (non-hydrogen) atoms. The molecule has 0 aliphatic heterocycles. The lowest BCUT2D eigenvalue weighted by Gasteiger charge is -2.11. The first-order valence-electron chi connectivity index (χ1n) is 6.59. The van der Waals surface area contributed by atoms with Crippen LogP contribution in [0.15, 0.2) is 53.4 Å². The maximum atomic E-state index is 13.8. The Morgan fingerprint density at radius 3 is 2.60 bits per heavy atom. The Labute approximate surface area is 123 Å². The Kier molecular flexibility index (Phi) is 5.89. The summed E-state index contributed by atoms with van der Waals surface area (Å²) in [5.41, 5.74) is 6.36. The van der Waals surface area contributed by atoms with Gasteiger partial charge < -0.3 is 10.5 Å². The van der Waals surface area contributed by atoms with E-state index in [1.807, 2.05) is 36.4 Å². The van der Waals surface area contributed by atoms with Crippen molar-refractivity contribution in [1.29, 1.82) is 0 Å². The van der Waals surface area contributed by atoms with E-state index in [2.05, 4.69) is 0 Å². The zero-order valence-corrected chi connectivity index (χ0v) is 12.0. The van der Waals surface area contributed by atoms with Gasteiger partial charge in [-0.2, -0.15) is 0 Å². The molecule has 2 rings (SSSR count). The fraction of sp³-hybridized carbons (Fsp3) is 0.250. The standard InChI is InChI=1S/C16H18FNOS/c17-15-8-4-5-13(9-10-18)16(15)19-11-12-20-14-6-2-1-3-7-14/h1-8H,9-12,18H2. The molecule has 0 aliphatic carbocycles. The molecule has 0 amide bonds. The molecule has 0 spiro atoms. The summed E-state index contributed by atoms with van der Waals surface area (Å²) in [5, 5.41) is 0. The zero-order valence-electron chi connectivity index (χ0n) is 11.2. The van der Waals surface area contributed by atoms with Gasteiger partial charge in [0.2, 0.25) is 0 Å². The van der Waals surface area contributed by atoms with Crippen LogP contribution in [0.3, 0.4) is 0 Å². The molecule has 2 N–H and O–H groups in total. The van der Waals surface area contributed by atoms with Crippen LogP contribution in [0.4, 0.5) is 4.39 Å². The molecular formula is C16H18FNOS. The maximum absolute atomic E-state index is 13.8. The van der Waals surface area contributed by atoms with Crippen molar-refractivity contribution >= 4 is 11.8 Å². The molecule has 0 saturated carbocycles. The average molecular weight is 291 g/mol. The van der Waals surface area contributed by atoms with E-state index in [-0.39, 0.29) is 5.82 Å². The fourth-order valence-corrected chi connectivity index (χ4v) is 2.64. The first-order valence-corrected chi connectivity index (χ1v) is 7.58. The predicted molar refractivity (Wildman–Crippen MR) is 81.8 cm³/mol. The second-order valence-electron chi connectivity index (χ2n) is 4.28. The van der Waals surface area contributed by atoms with E-state index < -0.39 is 0 Å². The number of hydrogen-bond donors (Lipinski definition) is 1. The summed E-state index contributed by atoms with van der Waals surface area (Å²) in [6, 6.07) is 15.0. The Morgan fingerprint density at radius 2 is 1.85 bits per heavy atom. The van der Waals surface area contributed by atoms with Gasteiger partial charge in [0.25, 0.3) is 0 Å². The van der Waals surface area contributed by atoms with Crippen molar-refractivity contribution in [3.63, 3.8) is 0 Å². The molecule has 0 aliphatic rings. The van der Waals surface area contributed by atoms with E-state index in [0.29, 0.717) is 25.3 Å². The van der Waals surface area contributed by atoms with Crippen molar-refractivity contribution in [3.05, 3.63) is 59.9 Å². The van der Waals surface area contributed by atoms with E-state index in [0.717, 1.165) is 11.3 Å². The number of para-hydroxylation sites is 1. The van der Waals surface area contributed by atoms with Crippen LogP contribution < -0.4 is 10.5 Å². The number of thioether (sulfide) groups is 1. The number of benzene rings is 2. The number of ether oxygens (including phenoxy) is 1. The third kappa shape index (κ3) is 4.25.